The van der Waals surface area contributed by atoms with Crippen LogP contribution in [0, 0.1) is 48.8 Å². The van der Waals surface area contributed by atoms with Gasteiger partial charge in [-0.15, -0.1) is 0 Å². The van der Waals surface area contributed by atoms with Crippen LogP contribution >= 0.6 is 0 Å². The molecule has 1 aliphatic carbocycles. The number of aryl methyl sites for hydroxylation is 2. The van der Waals surface area contributed by atoms with Crippen LogP contribution in [0.2, 0.25) is 0 Å². The zero-order chi connectivity index (χ0) is 25.0. The van der Waals surface area contributed by atoms with Crippen LogP contribution in [0.15, 0.2) is 48.5 Å². The summed E-state index contributed by atoms with van der Waals surface area (Å²) in [7, 11) is 0. The summed E-state index contributed by atoms with van der Waals surface area (Å²) in [4.78, 5) is 0. The third-order valence-electron chi connectivity index (χ3n) is 6.74. The van der Waals surface area contributed by atoms with Gasteiger partial charge < -0.3 is 0 Å². The Balaban J connectivity index is 1.79. The van der Waals surface area contributed by atoms with Crippen molar-refractivity contribution in [2.24, 2.45) is 0 Å². The van der Waals surface area contributed by atoms with Gasteiger partial charge in [0.1, 0.15) is 0 Å². The van der Waals surface area contributed by atoms with Crippen molar-refractivity contribution in [3.05, 3.63) is 106 Å². The van der Waals surface area contributed by atoms with Crippen LogP contribution in [-0.2, 0) is 12.8 Å². The van der Waals surface area contributed by atoms with Crippen molar-refractivity contribution in [1.29, 1.82) is 0 Å². The van der Waals surface area contributed by atoms with Crippen molar-refractivity contribution in [3.8, 4) is 33.4 Å². The van der Waals surface area contributed by atoms with E-state index in [1.807, 2.05) is 26.0 Å². The lowest BCUT2D eigenvalue weighted by atomic mass is 9.83. The molecule has 5 rings (SSSR count). The Labute approximate surface area is 198 Å². The highest BCUT2D eigenvalue weighted by molar-refractivity contribution is 5.88. The zero-order valence-corrected chi connectivity index (χ0v) is 19.0. The summed E-state index contributed by atoms with van der Waals surface area (Å²) in [6.45, 7) is 3.85. The van der Waals surface area contributed by atoms with E-state index in [-0.39, 0.29) is 11.1 Å². The lowest BCUT2D eigenvalue weighted by molar-refractivity contribution is 0.447. The topological polar surface area (TPSA) is 0 Å². The summed E-state index contributed by atoms with van der Waals surface area (Å²) < 4.78 is 83.4. The Hall–Kier alpha value is -3.54. The normalized spacial score (nSPS) is 12.8. The Bertz CT molecular complexity index is 1340. The van der Waals surface area contributed by atoms with Crippen molar-refractivity contribution in [2.75, 3.05) is 0 Å². The third-order valence-corrected chi connectivity index (χ3v) is 6.74. The van der Waals surface area contributed by atoms with E-state index in [1.54, 1.807) is 12.1 Å². The molecule has 0 amide bonds. The average Bonchev–Trinajstić information content (AvgIpc) is 3.02. The van der Waals surface area contributed by atoms with E-state index in [4.69, 9.17) is 0 Å². The molecule has 4 aromatic carbocycles. The Morgan fingerprint density at radius 2 is 0.857 bits per heavy atom. The monoisotopic (exact) mass is 482 g/mol. The van der Waals surface area contributed by atoms with Gasteiger partial charge in [0, 0.05) is 0 Å². The van der Waals surface area contributed by atoms with E-state index in [0.29, 0.717) is 30.4 Å². The number of hydrogen-bond acceptors (Lipinski definition) is 0. The van der Waals surface area contributed by atoms with E-state index >= 15 is 0 Å². The van der Waals surface area contributed by atoms with Gasteiger partial charge in [-0.3, -0.25) is 0 Å². The first-order chi connectivity index (χ1) is 16.7. The van der Waals surface area contributed by atoms with Gasteiger partial charge in [0.15, 0.2) is 34.9 Å². The highest BCUT2D eigenvalue weighted by Crippen LogP contribution is 2.45. The summed E-state index contributed by atoms with van der Waals surface area (Å²) in [6.07, 6.45) is 1.81. The molecule has 4 aromatic rings. The molecule has 1 aliphatic rings. The maximum Gasteiger partial charge on any atom is 0.194 e. The van der Waals surface area contributed by atoms with Crippen molar-refractivity contribution in [2.45, 2.75) is 33.1 Å². The summed E-state index contributed by atoms with van der Waals surface area (Å²) in [5.74, 6) is -8.08. The van der Waals surface area contributed by atoms with Crippen LogP contribution in [0.3, 0.4) is 0 Å². The largest absolute Gasteiger partial charge is 0.204 e. The van der Waals surface area contributed by atoms with E-state index in [0.717, 1.165) is 57.6 Å². The van der Waals surface area contributed by atoms with Gasteiger partial charge in [0.25, 0.3) is 0 Å². The van der Waals surface area contributed by atoms with Gasteiger partial charge in [-0.2, -0.15) is 0 Å². The quantitative estimate of drug-likeness (QED) is 0.198. The fraction of sp³-hybridized carbons (Fsp3) is 0.172. The van der Waals surface area contributed by atoms with Gasteiger partial charge >= 0.3 is 0 Å². The van der Waals surface area contributed by atoms with E-state index < -0.39 is 34.9 Å². The molecular weight excluding hydrogens is 462 g/mol. The summed E-state index contributed by atoms with van der Waals surface area (Å²) >= 11 is 0. The van der Waals surface area contributed by atoms with Crippen LogP contribution in [0.25, 0.3) is 33.4 Å². The summed E-state index contributed by atoms with van der Waals surface area (Å²) in [6, 6.07) is 11.2. The second-order valence-corrected chi connectivity index (χ2v) is 8.93. The first kappa shape index (κ1) is 23.2. The van der Waals surface area contributed by atoms with Crippen molar-refractivity contribution >= 4 is 0 Å². The zero-order valence-electron chi connectivity index (χ0n) is 19.0. The standard InChI is InChI=1S/C29H20F6/c1-14-6-8-18(16-10-22(30)28(34)23(31)11-16)20-4-3-5-21-19(9-7-15(2)27(21)26(14)20)17-12-24(32)29(35)25(33)13-17/h6-13H,3-5H2,1-2H3. The number of fused-ring (bicyclic) bond motifs is 3. The molecule has 0 bridgehead atoms. The van der Waals surface area contributed by atoms with Crippen LogP contribution in [0.4, 0.5) is 26.3 Å². The lowest BCUT2D eigenvalue weighted by Gasteiger charge is -2.21. The molecule has 0 aromatic heterocycles. The smallest absolute Gasteiger partial charge is 0.194 e. The van der Waals surface area contributed by atoms with Crippen LogP contribution in [0.5, 0.6) is 0 Å². The highest BCUT2D eigenvalue weighted by Gasteiger charge is 2.25. The molecule has 0 N–H and O–H groups in total. The second-order valence-electron chi connectivity index (χ2n) is 8.93. The third kappa shape index (κ3) is 3.81. The van der Waals surface area contributed by atoms with Crippen LogP contribution < -0.4 is 0 Å². The van der Waals surface area contributed by atoms with E-state index in [9.17, 15) is 26.3 Å². The number of rotatable bonds is 2. The van der Waals surface area contributed by atoms with Gasteiger partial charge in [0.2, 0.25) is 0 Å². The fourth-order valence-corrected chi connectivity index (χ4v) is 5.15. The summed E-state index contributed by atoms with van der Waals surface area (Å²) in [5, 5.41) is 0. The second kappa shape index (κ2) is 8.59. The molecule has 0 fully saturated rings. The predicted molar refractivity (Wildman–Crippen MR) is 124 cm³/mol. The molecule has 0 unspecified atom stereocenters. The molecule has 6 heteroatoms. The maximum absolute atomic E-state index is 14.1. The molecule has 0 atom stereocenters. The van der Waals surface area contributed by atoms with Gasteiger partial charge in [-0.1, -0.05) is 24.3 Å². The Kier molecular flexibility index (Phi) is 5.70. The minimum Gasteiger partial charge on any atom is -0.204 e. The number of halogens is 6. The van der Waals surface area contributed by atoms with Crippen molar-refractivity contribution in [1.82, 2.24) is 0 Å². The van der Waals surface area contributed by atoms with Crippen molar-refractivity contribution < 1.29 is 26.3 Å². The lowest BCUT2D eigenvalue weighted by Crippen LogP contribution is -2.00. The fourth-order valence-electron chi connectivity index (χ4n) is 5.15. The van der Waals surface area contributed by atoms with Crippen molar-refractivity contribution in [3.63, 3.8) is 0 Å². The Morgan fingerprint density at radius 1 is 0.514 bits per heavy atom. The molecule has 0 saturated heterocycles. The molecular formula is C29H20F6. The van der Waals surface area contributed by atoms with Gasteiger partial charge in [-0.25, -0.2) is 26.3 Å². The molecule has 178 valence electrons. The molecule has 0 saturated carbocycles. The SMILES string of the molecule is Cc1ccc(-c2cc(F)c(F)c(F)c2)c2c1-c1c(C)ccc(-c3cc(F)c(F)c(F)c3)c1CCC2. The maximum atomic E-state index is 14.1. The van der Waals surface area contributed by atoms with Crippen LogP contribution in [0.1, 0.15) is 28.7 Å². The van der Waals surface area contributed by atoms with Gasteiger partial charge in [-0.05, 0) is 113 Å². The minimum absolute atomic E-state index is 0.234. The van der Waals surface area contributed by atoms with Gasteiger partial charge in [0.05, 0.1) is 0 Å². The molecule has 35 heavy (non-hydrogen) atoms. The Morgan fingerprint density at radius 3 is 1.20 bits per heavy atom. The molecule has 0 nitrogen and oxygen atoms in total. The first-order valence-electron chi connectivity index (χ1n) is 11.2. The first-order valence-corrected chi connectivity index (χ1v) is 11.2. The van der Waals surface area contributed by atoms with E-state index in [2.05, 4.69) is 0 Å². The van der Waals surface area contributed by atoms with Crippen LogP contribution in [-0.4, -0.2) is 0 Å². The highest BCUT2D eigenvalue weighted by atomic mass is 19.2. The minimum atomic E-state index is -1.52. The number of benzene rings is 4. The number of hydrogen-bond donors (Lipinski definition) is 0. The predicted octanol–water partition coefficient (Wildman–Crippen LogP) is 8.63. The molecule has 0 spiro atoms. The molecule has 0 aliphatic heterocycles. The van der Waals surface area contributed by atoms with E-state index in [1.165, 1.54) is 0 Å². The molecule has 0 heterocycles. The summed E-state index contributed by atoms with van der Waals surface area (Å²) in [5.41, 5.74) is 7.00. The average molecular weight is 482 g/mol. The molecule has 0 radical (unpaired) electrons.